The SMILES string of the molecule is C=CCOC1=C(Cl)C(OCC)(OCC)C(C(C)(C)C2C(OCC)(OCC)C(Cl)=C(OCC=C)C(Cl)C2(OCC)OCC)C(OCC)(OCC)C1Cl. The normalized spacial score (nSPS) is 25.5. The molecule has 14 heteroatoms. The van der Waals surface area contributed by atoms with Crippen LogP contribution in [-0.4, -0.2) is 100.0 Å². The quantitative estimate of drug-likeness (QED) is 0.0536. The van der Waals surface area contributed by atoms with Crippen molar-refractivity contribution in [3.8, 4) is 0 Å². The molecule has 10 nitrogen and oxygen atoms in total. The van der Waals surface area contributed by atoms with Gasteiger partial charge in [0.25, 0.3) is 0 Å². The Morgan fingerprint density at radius 2 is 0.784 bits per heavy atom. The second-order valence-corrected chi connectivity index (χ2v) is 13.8. The Hall–Kier alpha value is -0.600. The van der Waals surface area contributed by atoms with Crippen LogP contribution in [0, 0.1) is 17.3 Å². The summed E-state index contributed by atoms with van der Waals surface area (Å²) in [6.07, 6.45) is 3.17. The molecule has 0 aliphatic heterocycles. The molecule has 0 bridgehead atoms. The number of rotatable bonds is 24. The van der Waals surface area contributed by atoms with E-state index in [2.05, 4.69) is 13.2 Å². The van der Waals surface area contributed by atoms with Crippen LogP contribution in [0.2, 0.25) is 0 Å². The van der Waals surface area contributed by atoms with E-state index in [-0.39, 0.29) is 87.7 Å². The highest BCUT2D eigenvalue weighted by molar-refractivity contribution is 6.33. The Labute approximate surface area is 325 Å². The Morgan fingerprint density at radius 1 is 0.529 bits per heavy atom. The van der Waals surface area contributed by atoms with Gasteiger partial charge in [-0.1, -0.05) is 62.4 Å². The lowest BCUT2D eigenvalue weighted by Crippen LogP contribution is -2.76. The molecule has 296 valence electrons. The van der Waals surface area contributed by atoms with Crippen molar-refractivity contribution in [2.24, 2.45) is 17.3 Å². The minimum atomic E-state index is -1.80. The number of alkyl halides is 2. The van der Waals surface area contributed by atoms with Crippen molar-refractivity contribution in [2.75, 3.05) is 66.1 Å². The molecule has 0 fully saturated rings. The highest BCUT2D eigenvalue weighted by Crippen LogP contribution is 2.67. The van der Waals surface area contributed by atoms with E-state index in [0.717, 1.165) is 0 Å². The van der Waals surface area contributed by atoms with Crippen LogP contribution in [0.4, 0.5) is 0 Å². The molecule has 0 aromatic carbocycles. The molecule has 0 radical (unpaired) electrons. The molecule has 4 atom stereocenters. The van der Waals surface area contributed by atoms with E-state index in [1.165, 1.54) is 0 Å². The Kier molecular flexibility index (Phi) is 18.6. The summed E-state index contributed by atoms with van der Waals surface area (Å²) in [4.78, 5) is 0. The van der Waals surface area contributed by atoms with Gasteiger partial charge in [0.15, 0.2) is 0 Å². The van der Waals surface area contributed by atoms with Crippen LogP contribution in [0.3, 0.4) is 0 Å². The molecule has 4 unspecified atom stereocenters. The molecular weight excluding hydrogens is 746 g/mol. The first-order valence-electron chi connectivity index (χ1n) is 17.9. The zero-order valence-electron chi connectivity index (χ0n) is 32.0. The second kappa shape index (κ2) is 20.4. The van der Waals surface area contributed by atoms with Crippen LogP contribution < -0.4 is 0 Å². The maximum Gasteiger partial charge on any atom is 0.217 e. The predicted octanol–water partition coefficient (Wildman–Crippen LogP) is 8.87. The molecule has 0 N–H and O–H groups in total. The van der Waals surface area contributed by atoms with Gasteiger partial charge < -0.3 is 47.4 Å². The number of hydrogen-bond acceptors (Lipinski definition) is 10. The van der Waals surface area contributed by atoms with Crippen molar-refractivity contribution in [1.82, 2.24) is 0 Å². The van der Waals surface area contributed by atoms with Gasteiger partial charge in [0.1, 0.15) is 45.6 Å². The van der Waals surface area contributed by atoms with Gasteiger partial charge >= 0.3 is 0 Å². The molecular formula is C37H60Cl4O10. The molecule has 2 aliphatic carbocycles. The van der Waals surface area contributed by atoms with Crippen molar-refractivity contribution in [3.05, 3.63) is 46.9 Å². The highest BCUT2D eigenvalue weighted by atomic mass is 35.5. The molecule has 2 aliphatic rings. The van der Waals surface area contributed by atoms with E-state index in [0.29, 0.717) is 0 Å². The largest absolute Gasteiger partial charge is 0.491 e. The minimum absolute atomic E-state index is 0.0767. The van der Waals surface area contributed by atoms with Crippen LogP contribution in [0.15, 0.2) is 46.9 Å². The van der Waals surface area contributed by atoms with E-state index in [9.17, 15) is 0 Å². The maximum absolute atomic E-state index is 7.51. The van der Waals surface area contributed by atoms with Crippen molar-refractivity contribution in [3.63, 3.8) is 0 Å². The molecule has 2 rings (SSSR count). The first kappa shape index (κ1) is 46.6. The third kappa shape index (κ3) is 8.33. The molecule has 0 saturated heterocycles. The third-order valence-corrected chi connectivity index (χ3v) is 10.8. The standard InChI is InChI=1S/C37H60Cl4O10/c1-13-23-42-25-27(38)34(44-15-3,45-16-4)31(35(28(25)39,46-17-5)47-18-6)33(11,12)32-36(48-19-7,49-20-8)29(40)26(43-24-14-2)30(41)37(32,50-21-9)51-22-10/h13-14,27,29,31-32H,1-2,15-24H2,3-12H3. The fraction of sp³-hybridized carbons (Fsp3) is 0.784. The average Bonchev–Trinajstić information content (AvgIpc) is 3.07. The van der Waals surface area contributed by atoms with E-state index in [1.54, 1.807) is 12.2 Å². The minimum Gasteiger partial charge on any atom is -0.491 e. The Balaban J connectivity index is 3.42. The fourth-order valence-electron chi connectivity index (χ4n) is 7.90. The predicted molar refractivity (Wildman–Crippen MR) is 202 cm³/mol. The van der Waals surface area contributed by atoms with Crippen LogP contribution in [0.5, 0.6) is 0 Å². The average molecular weight is 807 g/mol. The lowest BCUT2D eigenvalue weighted by Gasteiger charge is -2.65. The topological polar surface area (TPSA) is 92.3 Å². The van der Waals surface area contributed by atoms with E-state index < -0.39 is 51.2 Å². The summed E-state index contributed by atoms with van der Waals surface area (Å²) in [5.74, 6) is -8.87. The lowest BCUT2D eigenvalue weighted by atomic mass is 9.54. The van der Waals surface area contributed by atoms with Crippen molar-refractivity contribution < 1.29 is 47.4 Å². The summed E-state index contributed by atoms with van der Waals surface area (Å²) in [7, 11) is 0. The van der Waals surface area contributed by atoms with Crippen molar-refractivity contribution in [1.29, 1.82) is 0 Å². The molecule has 51 heavy (non-hydrogen) atoms. The van der Waals surface area contributed by atoms with Gasteiger partial charge in [-0.2, -0.15) is 0 Å². The first-order chi connectivity index (χ1) is 24.2. The van der Waals surface area contributed by atoms with Crippen LogP contribution in [-0.2, 0) is 47.4 Å². The van der Waals surface area contributed by atoms with Gasteiger partial charge in [-0.25, -0.2) is 0 Å². The maximum atomic E-state index is 7.51. The van der Waals surface area contributed by atoms with Gasteiger partial charge in [-0.3, -0.25) is 0 Å². The monoisotopic (exact) mass is 804 g/mol. The van der Waals surface area contributed by atoms with Gasteiger partial charge in [0.05, 0.1) is 11.8 Å². The summed E-state index contributed by atoms with van der Waals surface area (Å²) in [5, 5.41) is -2.10. The summed E-state index contributed by atoms with van der Waals surface area (Å²) >= 11 is 29.9. The molecule has 0 amide bonds. The van der Waals surface area contributed by atoms with Crippen LogP contribution >= 0.6 is 46.4 Å². The summed E-state index contributed by atoms with van der Waals surface area (Å²) < 4.78 is 66.1. The molecule has 0 spiro atoms. The lowest BCUT2D eigenvalue weighted by molar-refractivity contribution is -0.411. The van der Waals surface area contributed by atoms with Crippen LogP contribution in [0.25, 0.3) is 0 Å². The summed E-state index contributed by atoms with van der Waals surface area (Å²) in [6, 6.07) is 0. The molecule has 0 saturated carbocycles. The number of ether oxygens (including phenoxy) is 10. The van der Waals surface area contributed by atoms with Gasteiger partial charge in [-0.15, -0.1) is 23.2 Å². The molecule has 0 aromatic heterocycles. The summed E-state index contributed by atoms with van der Waals surface area (Å²) in [6.45, 7) is 27.7. The van der Waals surface area contributed by atoms with Gasteiger partial charge in [0.2, 0.25) is 23.1 Å². The molecule has 0 aromatic rings. The highest BCUT2D eigenvalue weighted by Gasteiger charge is 2.78. The van der Waals surface area contributed by atoms with E-state index in [1.807, 2.05) is 69.2 Å². The Bertz CT molecular complexity index is 1080. The van der Waals surface area contributed by atoms with Crippen molar-refractivity contribution in [2.45, 2.75) is 103 Å². The van der Waals surface area contributed by atoms with Gasteiger partial charge in [-0.05, 0) is 60.8 Å². The van der Waals surface area contributed by atoms with Crippen molar-refractivity contribution >= 4 is 46.4 Å². The number of hydrogen-bond donors (Lipinski definition) is 0. The third-order valence-electron chi connectivity index (χ3n) is 8.89. The summed E-state index contributed by atoms with van der Waals surface area (Å²) in [5.41, 5.74) is -1.29. The zero-order valence-corrected chi connectivity index (χ0v) is 35.1. The fourth-order valence-corrected chi connectivity index (χ4v) is 9.62. The van der Waals surface area contributed by atoms with E-state index >= 15 is 0 Å². The first-order valence-corrected chi connectivity index (χ1v) is 19.5. The van der Waals surface area contributed by atoms with Gasteiger partial charge in [0, 0.05) is 52.9 Å². The molecule has 0 heterocycles. The van der Waals surface area contributed by atoms with E-state index in [4.69, 9.17) is 93.8 Å². The zero-order chi connectivity index (χ0) is 38.7. The number of halogens is 4. The second-order valence-electron chi connectivity index (χ2n) is 12.2. The Morgan fingerprint density at radius 3 is 1.00 bits per heavy atom. The smallest absolute Gasteiger partial charge is 0.217 e. The van der Waals surface area contributed by atoms with Crippen LogP contribution in [0.1, 0.15) is 69.2 Å².